The molecule has 0 spiro atoms. The summed E-state index contributed by atoms with van der Waals surface area (Å²) in [4.78, 5) is 4.96. The summed E-state index contributed by atoms with van der Waals surface area (Å²) in [5.41, 5.74) is -7.01. The smallest absolute Gasteiger partial charge is 0.272 e. The molecule has 0 saturated carbocycles. The lowest BCUT2D eigenvalue weighted by Crippen LogP contribution is -2.58. The molecule has 0 saturated heterocycles. The summed E-state index contributed by atoms with van der Waals surface area (Å²) in [7, 11) is -12.3. The standard InChI is InChI=1S/C6H5N3O13S2/c10-4-1(7(11)12)5(23(17,18)19)3(9(15)16)6(24(20,21)22)2(4)8(13)14/h5-6H,(H3-2,10,11,12,15,16,17,18,19,20,21,22)/q-2/p-3/t5-,6-/m0/s1. The number of allylic oxidation sites excluding steroid dienone is 1. The van der Waals surface area contributed by atoms with Crippen LogP contribution in [0.1, 0.15) is 0 Å². The van der Waals surface area contributed by atoms with Crippen LogP contribution in [-0.2, 0) is 20.2 Å². The summed E-state index contributed by atoms with van der Waals surface area (Å²) in [6.45, 7) is 0. The minimum absolute atomic E-state index is 1.91. The molecule has 136 valence electrons. The molecule has 24 heavy (non-hydrogen) atoms. The molecule has 1 aliphatic rings. The minimum Gasteiger partial charge on any atom is -0.864 e. The average Bonchev–Trinajstić information content (AvgIpc) is 2.33. The van der Waals surface area contributed by atoms with E-state index < -0.39 is 68.3 Å². The van der Waals surface area contributed by atoms with Crippen LogP contribution in [0, 0.1) is 30.9 Å². The second-order valence-corrected chi connectivity index (χ2v) is 6.96. The van der Waals surface area contributed by atoms with Crippen molar-refractivity contribution < 1.29 is 45.8 Å². The van der Waals surface area contributed by atoms with E-state index in [1.807, 2.05) is 0 Å². The average molecular weight is 388 g/mol. The Morgan fingerprint density at radius 2 is 1.21 bits per heavy atom. The first-order valence-electron chi connectivity index (χ1n) is 5.10. The van der Waals surface area contributed by atoms with E-state index in [2.05, 4.69) is 0 Å². The van der Waals surface area contributed by atoms with E-state index in [9.17, 15) is 62.0 Å². The van der Waals surface area contributed by atoms with Crippen LogP contribution in [0.5, 0.6) is 0 Å². The molecule has 0 aromatic carbocycles. The molecular formula is C6H2N3O13S2-5. The van der Waals surface area contributed by atoms with Gasteiger partial charge in [0, 0.05) is 5.76 Å². The van der Waals surface area contributed by atoms with Gasteiger partial charge in [-0.1, -0.05) is 0 Å². The first-order valence-corrected chi connectivity index (χ1v) is 8.04. The largest absolute Gasteiger partial charge is 0.864 e. The van der Waals surface area contributed by atoms with Crippen molar-refractivity contribution in [3.63, 3.8) is 0 Å². The Labute approximate surface area is 131 Å². The Hall–Kier alpha value is -2.70. The van der Waals surface area contributed by atoms with E-state index in [1.165, 1.54) is 0 Å². The maximum absolute atomic E-state index is 11.7. The zero-order chi connectivity index (χ0) is 19.2. The maximum Gasteiger partial charge on any atom is 0.272 e. The van der Waals surface area contributed by atoms with Crippen molar-refractivity contribution in [1.82, 2.24) is 0 Å². The van der Waals surface area contributed by atoms with Gasteiger partial charge in [0.2, 0.25) is 21.9 Å². The van der Waals surface area contributed by atoms with Gasteiger partial charge in [0.15, 0.2) is 0 Å². The lowest BCUT2D eigenvalue weighted by molar-refractivity contribution is -0.448. The summed E-state index contributed by atoms with van der Waals surface area (Å²) in [6.07, 6.45) is 0. The molecule has 0 aromatic heterocycles. The quantitative estimate of drug-likeness (QED) is 0.191. The van der Waals surface area contributed by atoms with Crippen LogP contribution in [0.3, 0.4) is 0 Å². The van der Waals surface area contributed by atoms with E-state index in [0.29, 0.717) is 0 Å². The first kappa shape index (κ1) is 19.3. The predicted octanol–water partition coefficient (Wildman–Crippen LogP) is -4.43. The topological polar surface area (TPSA) is 279 Å². The third-order valence-electron chi connectivity index (χ3n) is 2.68. The number of hydrogen-bond donors (Lipinski definition) is 0. The normalized spacial score (nSPS) is 22.4. The molecule has 16 nitrogen and oxygen atoms in total. The molecule has 0 heterocycles. The Bertz CT molecular complexity index is 886. The van der Waals surface area contributed by atoms with Gasteiger partial charge in [-0.3, -0.25) is 10.1 Å². The number of hydrogen-bond acceptors (Lipinski definition) is 13. The van der Waals surface area contributed by atoms with Gasteiger partial charge in [0.1, 0.15) is 20.2 Å². The molecule has 0 radical (unpaired) electrons. The molecule has 18 heteroatoms. The van der Waals surface area contributed by atoms with Gasteiger partial charge in [-0.15, -0.1) is 0 Å². The summed E-state index contributed by atoms with van der Waals surface area (Å²) in [6, 6.07) is 0. The van der Waals surface area contributed by atoms with Gasteiger partial charge in [0.25, 0.3) is 5.70 Å². The summed E-state index contributed by atoms with van der Waals surface area (Å²) >= 11 is 0. The Morgan fingerprint density at radius 3 is 1.46 bits per heavy atom. The second kappa shape index (κ2) is 5.74. The lowest BCUT2D eigenvalue weighted by Gasteiger charge is -2.34. The molecule has 0 N–H and O–H groups in total. The van der Waals surface area contributed by atoms with Crippen molar-refractivity contribution in [2.24, 2.45) is 0 Å². The van der Waals surface area contributed by atoms with Crippen molar-refractivity contribution in [1.29, 1.82) is 0 Å². The molecule has 0 aromatic rings. The highest BCUT2D eigenvalue weighted by molar-refractivity contribution is 7.89. The van der Waals surface area contributed by atoms with E-state index >= 15 is 0 Å². The van der Waals surface area contributed by atoms with Crippen LogP contribution in [0.25, 0.3) is 0 Å². The molecule has 0 fully saturated rings. The first-order chi connectivity index (χ1) is 10.6. The van der Waals surface area contributed by atoms with E-state index in [0.717, 1.165) is 0 Å². The maximum atomic E-state index is 11.7. The molecule has 0 amide bonds. The van der Waals surface area contributed by atoms with Gasteiger partial charge in [-0.05, 0) is 0 Å². The lowest BCUT2D eigenvalue weighted by atomic mass is 9.97. The van der Waals surface area contributed by atoms with Gasteiger partial charge >= 0.3 is 0 Å². The predicted molar refractivity (Wildman–Crippen MR) is 65.0 cm³/mol. The number of nitro groups is 1. The SMILES string of the molecule is O=[N+]([O-])C1=C([O-])C(=[N+]([O-])[O-])[C@H](S(=O)(=O)[O-])C(=[N+]([O-])[O-])[C@H]1S(=O)(=O)[O-]. The van der Waals surface area contributed by atoms with E-state index in [-0.39, 0.29) is 0 Å². The fourth-order valence-electron chi connectivity index (χ4n) is 1.90. The molecular weight excluding hydrogens is 386 g/mol. The molecule has 0 unspecified atom stereocenters. The van der Waals surface area contributed by atoms with Gasteiger partial charge in [-0.2, -0.15) is 9.80 Å². The fourth-order valence-corrected chi connectivity index (χ4v) is 3.96. The number of nitrogens with zero attached hydrogens (tertiary/aromatic N) is 3. The van der Waals surface area contributed by atoms with Crippen molar-refractivity contribution in [3.05, 3.63) is 42.4 Å². The van der Waals surface area contributed by atoms with Crippen molar-refractivity contribution in [3.8, 4) is 0 Å². The summed E-state index contributed by atoms with van der Waals surface area (Å²) < 4.78 is 66.5. The van der Waals surface area contributed by atoms with Crippen molar-refractivity contribution in [2.45, 2.75) is 10.5 Å². The molecule has 0 aliphatic heterocycles. The van der Waals surface area contributed by atoms with Crippen LogP contribution in [0.4, 0.5) is 0 Å². The highest BCUT2D eigenvalue weighted by Gasteiger charge is 2.56. The monoisotopic (exact) mass is 388 g/mol. The Morgan fingerprint density at radius 1 is 0.792 bits per heavy atom. The van der Waals surface area contributed by atoms with Gasteiger partial charge < -0.3 is 35.0 Å². The molecule has 1 aliphatic carbocycles. The zero-order valence-electron chi connectivity index (χ0n) is 10.6. The van der Waals surface area contributed by atoms with E-state index in [4.69, 9.17) is 0 Å². The highest BCUT2D eigenvalue weighted by Crippen LogP contribution is 2.28. The Kier molecular flexibility index (Phi) is 4.63. The van der Waals surface area contributed by atoms with Crippen LogP contribution in [-0.4, -0.2) is 62.6 Å². The van der Waals surface area contributed by atoms with Crippen LogP contribution in [0.15, 0.2) is 11.5 Å². The second-order valence-electron chi connectivity index (χ2n) is 4.04. The summed E-state index contributed by atoms with van der Waals surface area (Å²) in [5, 5.41) is 58.6. The van der Waals surface area contributed by atoms with Crippen LogP contribution >= 0.6 is 0 Å². The molecule has 2 atom stereocenters. The van der Waals surface area contributed by atoms with E-state index in [1.54, 1.807) is 0 Å². The zero-order valence-corrected chi connectivity index (χ0v) is 12.3. The van der Waals surface area contributed by atoms with Crippen LogP contribution < -0.4 is 5.11 Å². The Balaban J connectivity index is 4.23. The molecule has 0 bridgehead atoms. The summed E-state index contributed by atoms with van der Waals surface area (Å²) in [5.74, 6) is -2.50. The van der Waals surface area contributed by atoms with Crippen LogP contribution in [0.2, 0.25) is 0 Å². The van der Waals surface area contributed by atoms with Gasteiger partial charge in [-0.25, -0.2) is 16.8 Å². The third-order valence-corrected chi connectivity index (χ3v) is 4.77. The van der Waals surface area contributed by atoms with Crippen molar-refractivity contribution in [2.75, 3.05) is 0 Å². The highest BCUT2D eigenvalue weighted by atomic mass is 32.2. The third kappa shape index (κ3) is 3.15. The molecule has 1 rings (SSSR count). The minimum atomic E-state index is -6.16. The fraction of sp³-hybridized carbons (Fsp3) is 0.333. The number of rotatable bonds is 3. The van der Waals surface area contributed by atoms with Crippen molar-refractivity contribution >= 4 is 31.7 Å². The van der Waals surface area contributed by atoms with Gasteiger partial charge in [0.05, 0.1) is 4.92 Å².